The number of carbonyl (C=O) groups excluding carboxylic acids is 2. The maximum Gasteiger partial charge on any atom is 0.330 e. The van der Waals surface area contributed by atoms with Crippen molar-refractivity contribution in [3.05, 3.63) is 54.1 Å². The molecule has 1 aromatic carbocycles. The maximum absolute atomic E-state index is 11.3. The average molecular weight is 374 g/mol. The maximum atomic E-state index is 11.3. The zero-order valence-corrected chi connectivity index (χ0v) is 15.4. The number of hydrogen-bond acceptors (Lipinski definition) is 6. The van der Waals surface area contributed by atoms with E-state index in [1.54, 1.807) is 18.2 Å². The third-order valence-electron chi connectivity index (χ3n) is 4.15. The Morgan fingerprint density at radius 1 is 1.30 bits per heavy atom. The van der Waals surface area contributed by atoms with Gasteiger partial charge in [-0.05, 0) is 5.56 Å². The van der Waals surface area contributed by atoms with Gasteiger partial charge in [0.2, 0.25) is 0 Å². The van der Waals surface area contributed by atoms with E-state index >= 15 is 0 Å². The number of benzene rings is 1. The van der Waals surface area contributed by atoms with Gasteiger partial charge >= 0.3 is 11.9 Å². The summed E-state index contributed by atoms with van der Waals surface area (Å²) in [6, 6.07) is 9.53. The normalized spacial score (nSPS) is 20.1. The Kier molecular flexibility index (Phi) is 8.23. The highest BCUT2D eigenvalue weighted by atomic mass is 16.5. The highest BCUT2D eigenvalue weighted by Gasteiger charge is 2.24. The summed E-state index contributed by atoms with van der Waals surface area (Å²) in [5.74, 6) is -0.894. The first-order valence-corrected chi connectivity index (χ1v) is 9.06. The van der Waals surface area contributed by atoms with Crippen molar-refractivity contribution in [2.75, 3.05) is 0 Å². The van der Waals surface area contributed by atoms with Gasteiger partial charge in [-0.25, -0.2) is 4.79 Å². The molecule has 0 aliphatic carbocycles. The predicted molar refractivity (Wildman–Crippen MR) is 101 cm³/mol. The zero-order valence-electron chi connectivity index (χ0n) is 15.4. The Morgan fingerprint density at radius 2 is 2.04 bits per heavy atom. The average Bonchev–Trinajstić information content (AvgIpc) is 2.60. The van der Waals surface area contributed by atoms with Crippen LogP contribution in [0.5, 0.6) is 0 Å². The van der Waals surface area contributed by atoms with Crippen molar-refractivity contribution in [1.29, 1.82) is 0 Å². The molecule has 6 nitrogen and oxygen atoms in total. The topological polar surface area (TPSA) is 93.1 Å². The largest absolute Gasteiger partial charge is 0.462 e. The molecule has 1 aromatic rings. The summed E-state index contributed by atoms with van der Waals surface area (Å²) in [7, 11) is 0. The van der Waals surface area contributed by atoms with E-state index in [9.17, 15) is 19.8 Å². The summed E-state index contributed by atoms with van der Waals surface area (Å²) in [5.41, 5.74) is 0.952. The second kappa shape index (κ2) is 10.6. The van der Waals surface area contributed by atoms with Crippen LogP contribution in [-0.2, 0) is 19.1 Å². The van der Waals surface area contributed by atoms with Crippen LogP contribution in [0.4, 0.5) is 0 Å². The lowest BCUT2D eigenvalue weighted by Crippen LogP contribution is -2.30. The van der Waals surface area contributed by atoms with Crippen LogP contribution >= 0.6 is 0 Å². The fraction of sp³-hybridized carbons (Fsp3) is 0.429. The lowest BCUT2D eigenvalue weighted by molar-refractivity contribution is -0.149. The minimum Gasteiger partial charge on any atom is -0.462 e. The van der Waals surface area contributed by atoms with E-state index in [0.29, 0.717) is 6.42 Å². The molecule has 0 bridgehead atoms. The van der Waals surface area contributed by atoms with Gasteiger partial charge in [0.25, 0.3) is 0 Å². The number of hydrogen-bond donors (Lipinski definition) is 2. The number of aliphatic hydroxyl groups excluding tert-OH is 2. The van der Waals surface area contributed by atoms with Crippen molar-refractivity contribution < 1.29 is 29.3 Å². The monoisotopic (exact) mass is 374 g/mol. The van der Waals surface area contributed by atoms with E-state index in [-0.39, 0.29) is 19.3 Å². The van der Waals surface area contributed by atoms with Gasteiger partial charge in [-0.1, -0.05) is 48.6 Å². The molecule has 1 heterocycles. The minimum atomic E-state index is -0.822. The first kappa shape index (κ1) is 20.9. The van der Waals surface area contributed by atoms with Gasteiger partial charge in [0.1, 0.15) is 12.2 Å². The Balaban J connectivity index is 1.87. The van der Waals surface area contributed by atoms with Gasteiger partial charge in [0.15, 0.2) is 0 Å². The Labute approximate surface area is 159 Å². The van der Waals surface area contributed by atoms with Crippen LogP contribution in [0.25, 0.3) is 6.08 Å². The number of cyclic esters (lactones) is 1. The number of rotatable bonds is 9. The Morgan fingerprint density at radius 3 is 2.70 bits per heavy atom. The highest BCUT2D eigenvalue weighted by molar-refractivity contribution is 5.82. The van der Waals surface area contributed by atoms with Crippen LogP contribution in [-0.4, -0.2) is 46.6 Å². The Hall–Kier alpha value is -2.44. The molecule has 0 amide bonds. The molecule has 0 spiro atoms. The Bertz CT molecular complexity index is 667. The number of carbonyl (C=O) groups is 2. The van der Waals surface area contributed by atoms with Crippen molar-refractivity contribution in [1.82, 2.24) is 0 Å². The van der Waals surface area contributed by atoms with Crippen LogP contribution in [0.1, 0.15) is 38.2 Å². The molecule has 0 aromatic heterocycles. The summed E-state index contributed by atoms with van der Waals surface area (Å²) in [5, 5.41) is 20.5. The van der Waals surface area contributed by atoms with Gasteiger partial charge in [-0.15, -0.1) is 0 Å². The molecule has 2 N–H and O–H groups in total. The molecular weight excluding hydrogens is 348 g/mol. The summed E-state index contributed by atoms with van der Waals surface area (Å²) in [6.07, 6.45) is 4.96. The standard InChI is InChI=1S/C21H26O6/c1-15(22)26-20(12-17(23)11-10-16-6-3-2-4-7-16)14-18(24)13-19-8-5-9-21(25)27-19/h2-7,9-11,17-20,23-24H,8,12-14H2,1H3/b11-10+/t17-,18-,19+,20-/m0/s1. The molecule has 0 radical (unpaired) electrons. The van der Waals surface area contributed by atoms with Crippen molar-refractivity contribution in [3.63, 3.8) is 0 Å². The second-order valence-corrected chi connectivity index (χ2v) is 6.63. The second-order valence-electron chi connectivity index (χ2n) is 6.63. The molecule has 0 unspecified atom stereocenters. The lowest BCUT2D eigenvalue weighted by atomic mass is 9.99. The molecule has 0 saturated carbocycles. The van der Waals surface area contributed by atoms with E-state index in [0.717, 1.165) is 5.56 Å². The first-order chi connectivity index (χ1) is 12.9. The van der Waals surface area contributed by atoms with Gasteiger partial charge in [0, 0.05) is 38.7 Å². The van der Waals surface area contributed by atoms with Crippen LogP contribution < -0.4 is 0 Å². The summed E-state index contributed by atoms with van der Waals surface area (Å²) < 4.78 is 10.4. The molecule has 1 aliphatic heterocycles. The van der Waals surface area contributed by atoms with Crippen molar-refractivity contribution in [2.45, 2.75) is 57.0 Å². The van der Waals surface area contributed by atoms with E-state index in [4.69, 9.17) is 9.47 Å². The molecule has 1 aliphatic rings. The minimum absolute atomic E-state index is 0.160. The molecule has 4 atom stereocenters. The first-order valence-electron chi connectivity index (χ1n) is 9.06. The third-order valence-corrected chi connectivity index (χ3v) is 4.15. The quantitative estimate of drug-likeness (QED) is 0.645. The van der Waals surface area contributed by atoms with Gasteiger partial charge in [-0.3, -0.25) is 4.79 Å². The third kappa shape index (κ3) is 8.19. The van der Waals surface area contributed by atoms with Gasteiger partial charge in [-0.2, -0.15) is 0 Å². The fourth-order valence-corrected chi connectivity index (χ4v) is 2.98. The van der Waals surface area contributed by atoms with E-state index in [1.165, 1.54) is 13.0 Å². The van der Waals surface area contributed by atoms with E-state index in [2.05, 4.69) is 0 Å². The van der Waals surface area contributed by atoms with Gasteiger partial charge in [0.05, 0.1) is 12.2 Å². The molecular formula is C21H26O6. The molecule has 146 valence electrons. The van der Waals surface area contributed by atoms with Crippen LogP contribution in [0.2, 0.25) is 0 Å². The molecule has 0 fully saturated rings. The molecule has 6 heteroatoms. The smallest absolute Gasteiger partial charge is 0.330 e. The predicted octanol–water partition coefficient (Wildman–Crippen LogP) is 2.40. The summed E-state index contributed by atoms with van der Waals surface area (Å²) in [6.45, 7) is 1.29. The van der Waals surface area contributed by atoms with Gasteiger partial charge < -0.3 is 19.7 Å². The fourth-order valence-electron chi connectivity index (χ4n) is 2.98. The number of ether oxygens (including phenoxy) is 2. The summed E-state index contributed by atoms with van der Waals surface area (Å²) in [4.78, 5) is 22.6. The van der Waals surface area contributed by atoms with E-state index < -0.39 is 36.4 Å². The molecule has 0 saturated heterocycles. The SMILES string of the molecule is CC(=O)O[C@H](C[C@@H](O)C[C@H]1CC=CC(=O)O1)C[C@@H](O)/C=C/c1ccccc1. The number of esters is 2. The lowest BCUT2D eigenvalue weighted by Gasteiger charge is -2.25. The highest BCUT2D eigenvalue weighted by Crippen LogP contribution is 2.19. The van der Waals surface area contributed by atoms with Crippen molar-refractivity contribution in [3.8, 4) is 0 Å². The van der Waals surface area contributed by atoms with E-state index in [1.807, 2.05) is 30.3 Å². The summed E-state index contributed by atoms with van der Waals surface area (Å²) >= 11 is 0. The zero-order chi connectivity index (χ0) is 19.6. The number of aliphatic hydroxyl groups is 2. The van der Waals surface area contributed by atoms with Crippen molar-refractivity contribution in [2.24, 2.45) is 0 Å². The molecule has 27 heavy (non-hydrogen) atoms. The van der Waals surface area contributed by atoms with Crippen molar-refractivity contribution >= 4 is 18.0 Å². The molecule has 2 rings (SSSR count). The van der Waals surface area contributed by atoms with Crippen LogP contribution in [0.15, 0.2) is 48.6 Å². The van der Waals surface area contributed by atoms with Crippen LogP contribution in [0, 0.1) is 0 Å². The van der Waals surface area contributed by atoms with Crippen LogP contribution in [0.3, 0.4) is 0 Å².